The Morgan fingerprint density at radius 1 is 0.465 bits per heavy atom. The summed E-state index contributed by atoms with van der Waals surface area (Å²) in [5.41, 5.74) is 34.6. The molecular weight excluding hydrogens is 1240 g/mol. The number of aromatic nitrogens is 10. The summed E-state index contributed by atoms with van der Waals surface area (Å²) < 4.78 is 5.25. The number of imidazole rings is 2. The summed E-state index contributed by atoms with van der Waals surface area (Å²) in [4.78, 5) is 30.0. The van der Waals surface area contributed by atoms with Gasteiger partial charge in [-0.3, -0.25) is 15.1 Å². The van der Waals surface area contributed by atoms with Crippen LogP contribution in [0, 0.1) is 6.92 Å². The number of rotatable bonds is 7. The van der Waals surface area contributed by atoms with Gasteiger partial charge in [0.2, 0.25) is 0 Å². The van der Waals surface area contributed by atoms with Gasteiger partial charge in [0.25, 0.3) is 0 Å². The third-order valence-electron chi connectivity index (χ3n) is 18.2. The monoisotopic (exact) mass is 1350 g/mol. The average Bonchev–Trinajstić information content (AvgIpc) is 1.27. The number of nitrogens with zero attached hydrogens (tertiary/aromatic N) is 5. The number of nitrogens with one attached hydrogen (secondary N) is 6. The number of anilines is 3. The first-order valence-electron chi connectivity index (χ1n) is 35.8. The molecule has 14 nitrogen and oxygen atoms in total. The van der Waals surface area contributed by atoms with Crippen LogP contribution in [0.5, 0.6) is 0 Å². The summed E-state index contributed by atoms with van der Waals surface area (Å²) in [5, 5.41) is 16.5. The van der Waals surface area contributed by atoms with Crippen molar-refractivity contribution in [2.75, 3.05) is 23.3 Å². The van der Waals surface area contributed by atoms with Crippen LogP contribution in [-0.4, -0.2) is 56.6 Å². The van der Waals surface area contributed by atoms with Crippen molar-refractivity contribution in [2.24, 2.45) is 0 Å². The largest absolute Gasteiger partial charge is 0.464 e. The average molecular weight is 1350 g/mol. The molecule has 9 heterocycles. The van der Waals surface area contributed by atoms with Gasteiger partial charge >= 0.3 is 0 Å². The van der Waals surface area contributed by atoms with E-state index in [-0.39, 0.29) is 5.41 Å². The maximum Gasteiger partial charge on any atom is 0.198 e. The molecule has 1 aliphatic rings. The predicted octanol–water partition coefficient (Wildman–Crippen LogP) is 23.4. The van der Waals surface area contributed by atoms with E-state index in [2.05, 4.69) is 294 Å². The van der Waals surface area contributed by atoms with E-state index in [0.717, 1.165) is 62.9 Å². The Hall–Kier alpha value is -10.5. The lowest BCUT2D eigenvalue weighted by Crippen LogP contribution is -2.10. The first-order chi connectivity index (χ1) is 48.3. The summed E-state index contributed by atoms with van der Waals surface area (Å²) >= 11 is 0. The minimum atomic E-state index is 0.240. The molecule has 101 heavy (non-hydrogen) atoms. The molecule has 0 amide bonds. The van der Waals surface area contributed by atoms with Crippen LogP contribution in [-0.2, 0) is 11.8 Å². The van der Waals surface area contributed by atoms with Gasteiger partial charge < -0.3 is 41.1 Å². The van der Waals surface area contributed by atoms with Crippen molar-refractivity contribution < 1.29 is 4.42 Å². The molecule has 14 heteroatoms. The summed E-state index contributed by atoms with van der Waals surface area (Å²) in [5.74, 6) is 5.90. The molecule has 16 rings (SSSR count). The van der Waals surface area contributed by atoms with Crippen molar-refractivity contribution in [3.8, 4) is 0 Å². The standard InChI is InChI=1S/C14H16.C11H14N2.C11H13N.C11H12O.2C10H13N3.C10H14N2.C10H12N2/c1-14(2,3)13-9-8-11-6-4-5-7-12(11)10-13;1-7(2)9-5-4-6-10-11(9)13-8(3)12-10;2*1-8(2)9-3-4-11-10(7-9)5-6-12-11;1-6(2)7-4-3-5-8-9(7)13-10(11)12-8;1-6(2)7-4-3-5-8-9(7)12-13-10(8)11;2*1-7(2)8-3-5-11-9-4-6-12-10(8)9/h4-10H,1-3H3;4-7H,1-3H3,(H,12,13);3-8,12H,1-2H3;3-8H,1-2H3;2*3-6H,1-2H3,(H3,11,12,13);3,5,7,12H,4,6H2,1-2H3;3-7,12H,1-2H3. The molecule has 0 fully saturated rings. The maximum absolute atomic E-state index is 5.70. The SMILES string of the molecule is CC(C)(C)c1ccc2ccccc2c1.CC(C)c1ccc2[nH]ccc2c1.CC(C)c1ccc2occc2c1.CC(C)c1cccc2[nH]c(N)nc12.CC(C)c1cccc2c(N)n[nH]c12.CC(C)c1ccnc2c1NCC2.CC(C)c1ccnc2cc[nH]c12.Cc1nc2c(C(C)C)cccc2[nH]1. The summed E-state index contributed by atoms with van der Waals surface area (Å²) in [6.07, 6.45) is 10.5. The number of nitrogens with two attached hydrogens (primary N) is 2. The lowest BCUT2D eigenvalue weighted by molar-refractivity contribution is 0.591. The van der Waals surface area contributed by atoms with E-state index in [1.165, 1.54) is 88.5 Å². The molecule has 8 aromatic heterocycles. The van der Waals surface area contributed by atoms with Crippen molar-refractivity contribution in [3.05, 3.63) is 251 Å². The molecule has 0 saturated carbocycles. The van der Waals surface area contributed by atoms with E-state index in [1.807, 2.05) is 74.2 Å². The van der Waals surface area contributed by atoms with Crippen molar-refractivity contribution in [1.82, 2.24) is 50.1 Å². The predicted molar refractivity (Wildman–Crippen MR) is 430 cm³/mol. The molecule has 10 N–H and O–H groups in total. The number of nitrogen functional groups attached to an aromatic ring is 2. The van der Waals surface area contributed by atoms with Crippen molar-refractivity contribution in [1.29, 1.82) is 0 Å². The molecule has 0 aliphatic carbocycles. The minimum absolute atomic E-state index is 0.240. The maximum atomic E-state index is 5.70. The van der Waals surface area contributed by atoms with Gasteiger partial charge in [0.1, 0.15) is 11.4 Å². The van der Waals surface area contributed by atoms with Gasteiger partial charge in [0.15, 0.2) is 11.8 Å². The second kappa shape index (κ2) is 34.1. The molecule has 526 valence electrons. The van der Waals surface area contributed by atoms with E-state index in [1.54, 1.807) is 6.26 Å². The molecule has 15 aromatic rings. The molecule has 1 aliphatic heterocycles. The molecule has 0 saturated heterocycles. The normalized spacial score (nSPS) is 11.8. The summed E-state index contributed by atoms with van der Waals surface area (Å²) in [7, 11) is 0. The van der Waals surface area contributed by atoms with E-state index in [9.17, 15) is 0 Å². The van der Waals surface area contributed by atoms with E-state index in [4.69, 9.17) is 15.9 Å². The molecule has 0 bridgehead atoms. The van der Waals surface area contributed by atoms with Crippen molar-refractivity contribution in [3.63, 3.8) is 0 Å². The second-order valence-corrected chi connectivity index (χ2v) is 29.3. The van der Waals surface area contributed by atoms with Crippen LogP contribution in [0.3, 0.4) is 0 Å². The fraction of sp³-hybridized carbons (Fsp3) is 0.322. The van der Waals surface area contributed by atoms with E-state index >= 15 is 0 Å². The second-order valence-electron chi connectivity index (χ2n) is 29.3. The summed E-state index contributed by atoms with van der Waals surface area (Å²) in [6, 6.07) is 56.9. The highest BCUT2D eigenvalue weighted by Crippen LogP contribution is 2.32. The topological polar surface area (TPSA) is 221 Å². The number of aromatic amines is 5. The smallest absolute Gasteiger partial charge is 0.198 e. The van der Waals surface area contributed by atoms with Gasteiger partial charge in [-0.15, -0.1) is 0 Å². The minimum Gasteiger partial charge on any atom is -0.464 e. The van der Waals surface area contributed by atoms with Gasteiger partial charge in [-0.1, -0.05) is 209 Å². The van der Waals surface area contributed by atoms with Crippen LogP contribution in [0.1, 0.15) is 215 Å². The number of hydrogen-bond acceptors (Lipinski definition) is 9. The van der Waals surface area contributed by atoms with Crippen LogP contribution < -0.4 is 16.8 Å². The zero-order chi connectivity index (χ0) is 72.7. The number of aryl methyl sites for hydroxylation is 1. The Bertz CT molecular complexity index is 4910. The van der Waals surface area contributed by atoms with Gasteiger partial charge in [-0.05, 0) is 187 Å². The van der Waals surface area contributed by atoms with Crippen LogP contribution >= 0.6 is 0 Å². The number of pyridine rings is 2. The van der Waals surface area contributed by atoms with Gasteiger partial charge in [-0.2, -0.15) is 5.10 Å². The van der Waals surface area contributed by atoms with E-state index < -0.39 is 0 Å². The van der Waals surface area contributed by atoms with Gasteiger partial charge in [-0.25, -0.2) is 9.97 Å². The third kappa shape index (κ3) is 19.3. The highest BCUT2D eigenvalue weighted by atomic mass is 16.3. The van der Waals surface area contributed by atoms with Crippen LogP contribution in [0.4, 0.5) is 17.5 Å². The molecular formula is C87H107N13O. The first kappa shape index (κ1) is 74.7. The Balaban J connectivity index is 0.000000135. The number of fused-ring (bicyclic) bond motifs is 8. The Morgan fingerprint density at radius 3 is 1.71 bits per heavy atom. The van der Waals surface area contributed by atoms with E-state index in [0.29, 0.717) is 53.2 Å². The molecule has 0 spiro atoms. The quantitative estimate of drug-likeness (QED) is 0.0759. The molecule has 0 unspecified atom stereocenters. The highest BCUT2D eigenvalue weighted by Gasteiger charge is 2.18. The van der Waals surface area contributed by atoms with Crippen molar-refractivity contribution >= 4 is 94.1 Å². The zero-order valence-corrected chi connectivity index (χ0v) is 62.7. The molecule has 0 atom stereocenters. The lowest BCUT2D eigenvalue weighted by Gasteiger charge is -2.19. The van der Waals surface area contributed by atoms with Crippen LogP contribution in [0.25, 0.3) is 76.6 Å². The van der Waals surface area contributed by atoms with Gasteiger partial charge in [0, 0.05) is 54.0 Å². The zero-order valence-electron chi connectivity index (χ0n) is 62.7. The number of para-hydroxylation sites is 3. The third-order valence-corrected chi connectivity index (χ3v) is 18.2. The van der Waals surface area contributed by atoms with Gasteiger partial charge in [0.05, 0.1) is 56.3 Å². The Morgan fingerprint density at radius 2 is 1.05 bits per heavy atom. The Kier molecular flexibility index (Phi) is 25.2. The first-order valence-corrected chi connectivity index (χ1v) is 35.8. The molecule has 0 radical (unpaired) electrons. The van der Waals surface area contributed by atoms with Crippen molar-refractivity contribution in [2.45, 2.75) is 178 Å². The highest BCUT2D eigenvalue weighted by molar-refractivity contribution is 5.91. The number of benzene rings is 7. The summed E-state index contributed by atoms with van der Waals surface area (Å²) in [6.45, 7) is 40.4. The number of furan rings is 1. The fourth-order valence-electron chi connectivity index (χ4n) is 12.3. The Labute approximate surface area is 597 Å². The molecule has 7 aromatic carbocycles. The van der Waals surface area contributed by atoms with Crippen LogP contribution in [0.2, 0.25) is 0 Å². The van der Waals surface area contributed by atoms with Crippen LogP contribution in [0.15, 0.2) is 199 Å². The number of hydrogen-bond donors (Lipinski definition) is 8. The number of H-pyrrole nitrogens is 5. The fourth-order valence-corrected chi connectivity index (χ4v) is 12.3. The lowest BCUT2D eigenvalue weighted by atomic mass is 9.86.